The van der Waals surface area contributed by atoms with Crippen molar-refractivity contribution in [3.8, 4) is 0 Å². The highest BCUT2D eigenvalue weighted by Crippen LogP contribution is 2.32. The Labute approximate surface area is 111 Å². The topological polar surface area (TPSA) is 87.7 Å². The van der Waals surface area contributed by atoms with Crippen molar-refractivity contribution >= 4 is 26.8 Å². The molecular weight excluding hydrogens is 264 g/mol. The van der Waals surface area contributed by atoms with Crippen molar-refractivity contribution in [2.75, 3.05) is 18.1 Å². The number of imidazole rings is 1. The van der Waals surface area contributed by atoms with E-state index in [2.05, 4.69) is 20.3 Å². The zero-order valence-electron chi connectivity index (χ0n) is 10.7. The average Bonchev–Trinajstić information content (AvgIpc) is 2.80. The summed E-state index contributed by atoms with van der Waals surface area (Å²) in [5, 5.41) is 2.43. The van der Waals surface area contributed by atoms with Gasteiger partial charge in [0.15, 0.2) is 15.5 Å². The highest BCUT2D eigenvalue weighted by molar-refractivity contribution is 7.91. The van der Waals surface area contributed by atoms with E-state index in [1.54, 1.807) is 7.05 Å². The van der Waals surface area contributed by atoms with Gasteiger partial charge in [0.1, 0.15) is 16.9 Å². The first-order valence-electron chi connectivity index (χ1n) is 6.36. The number of aromatic nitrogens is 3. The van der Waals surface area contributed by atoms with E-state index in [4.69, 9.17) is 0 Å². The smallest absolute Gasteiger partial charge is 0.179 e. The van der Waals surface area contributed by atoms with E-state index < -0.39 is 15.1 Å². The number of pyridine rings is 1. The maximum Gasteiger partial charge on any atom is 0.179 e. The first kappa shape index (κ1) is 12.4. The van der Waals surface area contributed by atoms with E-state index in [1.165, 1.54) is 0 Å². The monoisotopic (exact) mass is 280 g/mol. The lowest BCUT2D eigenvalue weighted by molar-refractivity contribution is 0.540. The molecule has 2 aromatic heterocycles. The first-order chi connectivity index (χ1) is 9.10. The van der Waals surface area contributed by atoms with Gasteiger partial charge in [-0.05, 0) is 25.0 Å². The normalized spacial score (nSPS) is 22.5. The summed E-state index contributed by atoms with van der Waals surface area (Å²) in [5.41, 5.74) is 1.33. The molecule has 1 fully saturated rings. The van der Waals surface area contributed by atoms with Gasteiger partial charge >= 0.3 is 0 Å². The fourth-order valence-corrected chi connectivity index (χ4v) is 4.33. The lowest BCUT2D eigenvalue weighted by atomic mass is 10.2. The van der Waals surface area contributed by atoms with Crippen LogP contribution in [-0.4, -0.2) is 36.2 Å². The third kappa shape index (κ3) is 2.18. The Morgan fingerprint density at radius 3 is 2.89 bits per heavy atom. The number of anilines is 1. The van der Waals surface area contributed by atoms with Gasteiger partial charge in [-0.3, -0.25) is 0 Å². The number of nitrogens with one attached hydrogen (secondary N) is 2. The summed E-state index contributed by atoms with van der Waals surface area (Å²) < 4.78 is 24.2. The van der Waals surface area contributed by atoms with Crippen LogP contribution in [0, 0.1) is 0 Å². The minimum Gasteiger partial charge on any atom is -0.373 e. The second-order valence-electron chi connectivity index (χ2n) is 4.79. The van der Waals surface area contributed by atoms with Gasteiger partial charge in [0, 0.05) is 7.05 Å². The Morgan fingerprint density at radius 2 is 2.16 bits per heavy atom. The molecule has 0 spiro atoms. The molecular formula is C12H16N4O2S. The molecule has 1 unspecified atom stereocenters. The quantitative estimate of drug-likeness (QED) is 0.873. The van der Waals surface area contributed by atoms with Crippen LogP contribution in [0.5, 0.6) is 0 Å². The Bertz CT molecular complexity index is 708. The molecule has 19 heavy (non-hydrogen) atoms. The number of hydrogen-bond donors (Lipinski definition) is 2. The summed E-state index contributed by atoms with van der Waals surface area (Å²) >= 11 is 0. The summed E-state index contributed by atoms with van der Waals surface area (Å²) in [6.45, 7) is 0. The van der Waals surface area contributed by atoms with Gasteiger partial charge in [-0.1, -0.05) is 6.42 Å². The van der Waals surface area contributed by atoms with Crippen LogP contribution in [0.2, 0.25) is 0 Å². The van der Waals surface area contributed by atoms with Gasteiger partial charge in [0.25, 0.3) is 0 Å². The van der Waals surface area contributed by atoms with E-state index in [9.17, 15) is 8.42 Å². The Balaban J connectivity index is 2.05. The van der Waals surface area contributed by atoms with Crippen molar-refractivity contribution in [2.45, 2.75) is 24.5 Å². The van der Waals surface area contributed by atoms with Crippen molar-refractivity contribution in [2.24, 2.45) is 0 Å². The Morgan fingerprint density at radius 1 is 1.32 bits per heavy atom. The molecule has 3 rings (SSSR count). The van der Waals surface area contributed by atoms with Crippen LogP contribution >= 0.6 is 0 Å². The number of fused-ring (bicyclic) bond motifs is 1. The molecule has 102 valence electrons. The zero-order valence-corrected chi connectivity index (χ0v) is 11.5. The van der Waals surface area contributed by atoms with Crippen molar-refractivity contribution < 1.29 is 8.42 Å². The van der Waals surface area contributed by atoms with Crippen LogP contribution < -0.4 is 5.32 Å². The van der Waals surface area contributed by atoms with Crippen LogP contribution in [0.3, 0.4) is 0 Å². The Hall–Kier alpha value is -1.63. The van der Waals surface area contributed by atoms with Crippen molar-refractivity contribution in [1.29, 1.82) is 0 Å². The average molecular weight is 280 g/mol. The molecule has 1 saturated heterocycles. The molecule has 6 nitrogen and oxygen atoms in total. The molecule has 1 aliphatic rings. The fraction of sp³-hybridized carbons (Fsp3) is 0.500. The van der Waals surface area contributed by atoms with Gasteiger partial charge in [-0.25, -0.2) is 18.4 Å². The molecule has 1 aliphatic heterocycles. The molecule has 0 amide bonds. The summed E-state index contributed by atoms with van der Waals surface area (Å²) in [6, 6.07) is 3.69. The molecule has 2 aromatic rings. The van der Waals surface area contributed by atoms with E-state index in [-0.39, 0.29) is 5.75 Å². The molecule has 0 aliphatic carbocycles. The zero-order chi connectivity index (χ0) is 13.5. The van der Waals surface area contributed by atoms with Crippen molar-refractivity contribution in [1.82, 2.24) is 15.0 Å². The summed E-state index contributed by atoms with van der Waals surface area (Å²) in [7, 11) is -1.29. The minimum atomic E-state index is -3.08. The predicted octanol–water partition coefficient (Wildman–Crippen LogP) is 1.64. The molecule has 0 aromatic carbocycles. The molecule has 7 heteroatoms. The molecule has 0 bridgehead atoms. The fourth-order valence-electron chi connectivity index (χ4n) is 2.46. The summed E-state index contributed by atoms with van der Waals surface area (Å²) in [5.74, 6) is 1.50. The maximum absolute atomic E-state index is 12.1. The number of aromatic amines is 1. The van der Waals surface area contributed by atoms with Gasteiger partial charge < -0.3 is 10.3 Å². The van der Waals surface area contributed by atoms with Gasteiger partial charge in [-0.15, -0.1) is 0 Å². The van der Waals surface area contributed by atoms with E-state index in [0.29, 0.717) is 17.9 Å². The number of H-pyrrole nitrogens is 1. The lowest BCUT2D eigenvalue weighted by Crippen LogP contribution is -2.22. The van der Waals surface area contributed by atoms with E-state index >= 15 is 0 Å². The molecule has 0 radical (unpaired) electrons. The second kappa shape index (κ2) is 4.48. The highest BCUT2D eigenvalue weighted by atomic mass is 32.2. The minimum absolute atomic E-state index is 0.254. The lowest BCUT2D eigenvalue weighted by Gasteiger charge is -2.19. The van der Waals surface area contributed by atoms with Gasteiger partial charge in [-0.2, -0.15) is 0 Å². The Kier molecular flexibility index (Phi) is 2.93. The molecule has 0 saturated carbocycles. The number of sulfone groups is 1. The molecule has 1 atom stereocenters. The molecule has 3 heterocycles. The molecule has 2 N–H and O–H groups in total. The third-order valence-electron chi connectivity index (χ3n) is 3.50. The number of rotatable bonds is 2. The summed E-state index contributed by atoms with van der Waals surface area (Å²) in [4.78, 5) is 11.8. The SMILES string of the molecule is CNc1ccc2[nH]c(C3CCCCS3(=O)=O)nc2n1. The van der Waals surface area contributed by atoms with Crippen molar-refractivity contribution in [3.05, 3.63) is 18.0 Å². The van der Waals surface area contributed by atoms with E-state index in [0.717, 1.165) is 24.2 Å². The van der Waals surface area contributed by atoms with Crippen LogP contribution in [0.1, 0.15) is 30.3 Å². The number of nitrogens with zero attached hydrogens (tertiary/aromatic N) is 2. The second-order valence-corrected chi connectivity index (χ2v) is 7.09. The first-order valence-corrected chi connectivity index (χ1v) is 8.08. The third-order valence-corrected chi connectivity index (χ3v) is 5.69. The van der Waals surface area contributed by atoms with Crippen LogP contribution in [0.15, 0.2) is 12.1 Å². The number of hydrogen-bond acceptors (Lipinski definition) is 5. The highest BCUT2D eigenvalue weighted by Gasteiger charge is 2.32. The van der Waals surface area contributed by atoms with Crippen LogP contribution in [0.25, 0.3) is 11.2 Å². The standard InChI is InChI=1S/C12H16N4O2S/c1-13-10-6-5-8-11(15-10)16-12(14-8)9-4-2-3-7-19(9,17)18/h5-6,9H,2-4,7H2,1H3,(H2,13,14,15,16). The maximum atomic E-state index is 12.1. The van der Waals surface area contributed by atoms with Crippen LogP contribution in [-0.2, 0) is 9.84 Å². The van der Waals surface area contributed by atoms with Gasteiger partial charge in [0.2, 0.25) is 0 Å². The van der Waals surface area contributed by atoms with Crippen molar-refractivity contribution in [3.63, 3.8) is 0 Å². The predicted molar refractivity (Wildman–Crippen MR) is 73.8 cm³/mol. The summed E-state index contributed by atoms with van der Waals surface area (Å²) in [6.07, 6.45) is 2.32. The van der Waals surface area contributed by atoms with Gasteiger partial charge in [0.05, 0.1) is 11.3 Å². The largest absolute Gasteiger partial charge is 0.373 e. The van der Waals surface area contributed by atoms with Crippen LogP contribution in [0.4, 0.5) is 5.82 Å². The van der Waals surface area contributed by atoms with E-state index in [1.807, 2.05) is 12.1 Å².